The van der Waals surface area contributed by atoms with Gasteiger partial charge in [0.05, 0.1) is 10.0 Å². The zero-order chi connectivity index (χ0) is 13.7. The van der Waals surface area contributed by atoms with Crippen LogP contribution >= 0.6 is 23.2 Å². The lowest BCUT2D eigenvalue weighted by Crippen LogP contribution is -2.00. The molecule has 0 saturated carbocycles. The molecule has 0 aliphatic carbocycles. The number of fused-ring (bicyclic) bond motifs is 2. The highest BCUT2D eigenvalue weighted by molar-refractivity contribution is 6.42. The molecule has 2 N–H and O–H groups in total. The Morgan fingerprint density at radius 2 is 1.75 bits per heavy atom. The smallest absolute Gasteiger partial charge is 0.0613 e. The molecule has 2 heterocycles. The topological polar surface area (TPSA) is 24.1 Å². The summed E-state index contributed by atoms with van der Waals surface area (Å²) in [6.45, 7) is 0.808. The van der Waals surface area contributed by atoms with Crippen LogP contribution in [0.2, 0.25) is 10.0 Å². The first-order valence-electron chi connectivity index (χ1n) is 6.52. The number of anilines is 2. The molecule has 4 rings (SSSR count). The first-order valence-corrected chi connectivity index (χ1v) is 7.28. The summed E-state index contributed by atoms with van der Waals surface area (Å²) in [6.07, 6.45) is 0.937. The van der Waals surface area contributed by atoms with Crippen molar-refractivity contribution in [1.29, 1.82) is 0 Å². The number of halogens is 2. The zero-order valence-electron chi connectivity index (χ0n) is 10.6. The van der Waals surface area contributed by atoms with Gasteiger partial charge in [0.25, 0.3) is 0 Å². The number of benzene rings is 2. The van der Waals surface area contributed by atoms with Gasteiger partial charge in [0.15, 0.2) is 0 Å². The number of nitrogens with one attached hydrogen (secondary N) is 2. The van der Waals surface area contributed by atoms with Gasteiger partial charge in [-0.1, -0.05) is 41.4 Å². The van der Waals surface area contributed by atoms with Gasteiger partial charge in [0, 0.05) is 41.2 Å². The van der Waals surface area contributed by atoms with E-state index in [1.54, 1.807) is 0 Å². The van der Waals surface area contributed by atoms with Gasteiger partial charge in [-0.05, 0) is 23.8 Å². The Morgan fingerprint density at radius 1 is 0.950 bits per heavy atom. The lowest BCUT2D eigenvalue weighted by Gasteiger charge is -2.07. The fourth-order valence-corrected chi connectivity index (χ4v) is 3.19. The highest BCUT2D eigenvalue weighted by atomic mass is 35.5. The Balaban J connectivity index is 1.81. The third-order valence-corrected chi connectivity index (χ3v) is 4.60. The van der Waals surface area contributed by atoms with Gasteiger partial charge in [-0.3, -0.25) is 0 Å². The summed E-state index contributed by atoms with van der Waals surface area (Å²) in [6, 6.07) is 12.2. The summed E-state index contributed by atoms with van der Waals surface area (Å²) in [5.74, 6) is 0. The third kappa shape index (κ3) is 1.80. The summed E-state index contributed by atoms with van der Waals surface area (Å²) in [7, 11) is 0. The normalized spacial score (nSPS) is 19.3. The summed E-state index contributed by atoms with van der Waals surface area (Å²) in [5, 5.41) is 8.09. The Kier molecular flexibility index (Phi) is 2.69. The highest BCUT2D eigenvalue weighted by Crippen LogP contribution is 2.41. The lowest BCUT2D eigenvalue weighted by atomic mass is 10.0. The van der Waals surface area contributed by atoms with Crippen LogP contribution in [0.4, 0.5) is 11.4 Å². The van der Waals surface area contributed by atoms with Crippen LogP contribution in [-0.4, -0.2) is 6.54 Å². The molecule has 0 aromatic heterocycles. The molecule has 20 heavy (non-hydrogen) atoms. The van der Waals surface area contributed by atoms with E-state index in [4.69, 9.17) is 23.2 Å². The maximum absolute atomic E-state index is 6.15. The number of para-hydroxylation sites is 1. The predicted molar refractivity (Wildman–Crippen MR) is 85.6 cm³/mol. The number of hydrogen-bond acceptors (Lipinski definition) is 2. The SMILES string of the molecule is Clc1cc2c(cc1Cl)C(=C1Cc3ccccc3N1)CN2. The second-order valence-electron chi connectivity index (χ2n) is 5.08. The summed E-state index contributed by atoms with van der Waals surface area (Å²) >= 11 is 12.2. The highest BCUT2D eigenvalue weighted by Gasteiger charge is 2.24. The van der Waals surface area contributed by atoms with Crippen LogP contribution in [0.1, 0.15) is 11.1 Å². The molecule has 2 aliphatic rings. The maximum atomic E-state index is 6.15. The molecule has 0 amide bonds. The molecule has 2 nitrogen and oxygen atoms in total. The molecule has 0 fully saturated rings. The van der Waals surface area contributed by atoms with Gasteiger partial charge in [0.2, 0.25) is 0 Å². The van der Waals surface area contributed by atoms with Crippen molar-refractivity contribution in [3.05, 3.63) is 63.3 Å². The van der Waals surface area contributed by atoms with Crippen LogP contribution in [0.25, 0.3) is 5.57 Å². The van der Waals surface area contributed by atoms with E-state index < -0.39 is 0 Å². The predicted octanol–water partition coefficient (Wildman–Crippen LogP) is 4.80. The van der Waals surface area contributed by atoms with E-state index in [2.05, 4.69) is 34.9 Å². The van der Waals surface area contributed by atoms with Crippen LogP contribution in [0.15, 0.2) is 42.1 Å². The monoisotopic (exact) mass is 302 g/mol. The largest absolute Gasteiger partial charge is 0.380 e. The van der Waals surface area contributed by atoms with Gasteiger partial charge >= 0.3 is 0 Å². The molecule has 0 atom stereocenters. The Hall–Kier alpha value is -1.64. The van der Waals surface area contributed by atoms with Gasteiger partial charge in [-0.15, -0.1) is 0 Å². The van der Waals surface area contributed by atoms with Crippen molar-refractivity contribution in [2.24, 2.45) is 0 Å². The average Bonchev–Trinajstić information content (AvgIpc) is 3.02. The second-order valence-corrected chi connectivity index (χ2v) is 5.90. The minimum absolute atomic E-state index is 0.590. The van der Waals surface area contributed by atoms with Gasteiger partial charge < -0.3 is 10.6 Å². The fraction of sp³-hybridized carbons (Fsp3) is 0.125. The van der Waals surface area contributed by atoms with E-state index in [1.165, 1.54) is 22.5 Å². The fourth-order valence-electron chi connectivity index (χ4n) is 2.87. The van der Waals surface area contributed by atoms with Gasteiger partial charge in [-0.2, -0.15) is 0 Å². The number of allylic oxidation sites excluding steroid dienone is 1. The summed E-state index contributed by atoms with van der Waals surface area (Å²) in [5.41, 5.74) is 7.26. The van der Waals surface area contributed by atoms with E-state index in [9.17, 15) is 0 Å². The summed E-state index contributed by atoms with van der Waals surface area (Å²) < 4.78 is 0. The first kappa shape index (κ1) is 12.1. The quantitative estimate of drug-likeness (QED) is 0.730. The van der Waals surface area contributed by atoms with Crippen LogP contribution < -0.4 is 10.6 Å². The average molecular weight is 303 g/mol. The lowest BCUT2D eigenvalue weighted by molar-refractivity contribution is 1.23. The number of rotatable bonds is 0. The van der Waals surface area contributed by atoms with Crippen molar-refractivity contribution in [3.8, 4) is 0 Å². The molecule has 100 valence electrons. The Morgan fingerprint density at radius 3 is 2.60 bits per heavy atom. The van der Waals surface area contributed by atoms with Crippen molar-refractivity contribution in [3.63, 3.8) is 0 Å². The van der Waals surface area contributed by atoms with Crippen molar-refractivity contribution in [1.82, 2.24) is 0 Å². The van der Waals surface area contributed by atoms with Crippen LogP contribution in [0.5, 0.6) is 0 Å². The molecule has 2 aromatic rings. The molecule has 2 aromatic carbocycles. The van der Waals surface area contributed by atoms with Crippen LogP contribution in [0, 0.1) is 0 Å². The molecule has 0 radical (unpaired) electrons. The van der Waals surface area contributed by atoms with E-state index in [1.807, 2.05) is 12.1 Å². The second kappa shape index (κ2) is 4.44. The maximum Gasteiger partial charge on any atom is 0.0613 e. The Bertz CT molecular complexity index is 723. The van der Waals surface area contributed by atoms with E-state index in [0.29, 0.717) is 10.0 Å². The van der Waals surface area contributed by atoms with Gasteiger partial charge in [-0.25, -0.2) is 0 Å². The molecule has 2 aliphatic heterocycles. The summed E-state index contributed by atoms with van der Waals surface area (Å²) in [4.78, 5) is 0. The minimum atomic E-state index is 0.590. The molecule has 0 saturated heterocycles. The number of hydrogen-bond donors (Lipinski definition) is 2. The third-order valence-electron chi connectivity index (χ3n) is 3.88. The van der Waals surface area contributed by atoms with E-state index in [-0.39, 0.29) is 0 Å². The standard InChI is InChI=1S/C16H12Cl2N2/c17-12-6-10-11(8-19-15(10)7-13(12)18)16-5-9-3-1-2-4-14(9)20-16/h1-4,6-7,19-20H,5,8H2. The van der Waals surface area contributed by atoms with Crippen molar-refractivity contribution in [2.75, 3.05) is 17.2 Å². The molecule has 4 heteroatoms. The molecular formula is C16H12Cl2N2. The molecule has 0 spiro atoms. The Labute approximate surface area is 127 Å². The molecule has 0 bridgehead atoms. The van der Waals surface area contributed by atoms with Gasteiger partial charge in [0.1, 0.15) is 0 Å². The van der Waals surface area contributed by atoms with E-state index in [0.717, 1.165) is 24.2 Å². The molecule has 0 unspecified atom stereocenters. The molecular weight excluding hydrogens is 291 g/mol. The minimum Gasteiger partial charge on any atom is -0.380 e. The first-order chi connectivity index (χ1) is 9.72. The van der Waals surface area contributed by atoms with Crippen LogP contribution in [0.3, 0.4) is 0 Å². The van der Waals surface area contributed by atoms with E-state index >= 15 is 0 Å². The van der Waals surface area contributed by atoms with Crippen LogP contribution in [-0.2, 0) is 6.42 Å². The van der Waals surface area contributed by atoms with Crippen molar-refractivity contribution < 1.29 is 0 Å². The van der Waals surface area contributed by atoms with Crippen molar-refractivity contribution in [2.45, 2.75) is 6.42 Å². The van der Waals surface area contributed by atoms with Crippen molar-refractivity contribution >= 4 is 40.1 Å². The zero-order valence-corrected chi connectivity index (χ0v) is 12.1.